The topological polar surface area (TPSA) is 29.5 Å². The number of likely N-dealkylation sites (N-methyl/N-ethyl adjacent to an activating group) is 1. The number of hydrogen-bond acceptors (Lipinski definition) is 3. The largest absolute Gasteiger partial charge is 0.468 e. The predicted molar refractivity (Wildman–Crippen MR) is 69.1 cm³/mol. The van der Waals surface area contributed by atoms with Gasteiger partial charge in [0.15, 0.2) is 0 Å². The van der Waals surface area contributed by atoms with Crippen LogP contribution in [-0.4, -0.2) is 31.1 Å². The van der Waals surface area contributed by atoms with Gasteiger partial charge in [0.2, 0.25) is 0 Å². The summed E-state index contributed by atoms with van der Waals surface area (Å²) in [4.78, 5) is 13.4. The molecule has 0 aromatic heterocycles. The molecule has 2 atom stereocenters. The number of carbonyl (C=O) groups excluding carboxylic acids is 1. The molecule has 1 rings (SSSR count). The van der Waals surface area contributed by atoms with E-state index in [1.807, 2.05) is 50.1 Å². The molecule has 0 aliphatic rings. The van der Waals surface area contributed by atoms with Crippen LogP contribution in [0.25, 0.3) is 0 Å². The van der Waals surface area contributed by atoms with Crippen molar-refractivity contribution in [3.8, 4) is 0 Å². The fourth-order valence-corrected chi connectivity index (χ4v) is 1.87. The number of benzene rings is 1. The van der Waals surface area contributed by atoms with Gasteiger partial charge in [0.1, 0.15) is 6.04 Å². The van der Waals surface area contributed by atoms with Gasteiger partial charge in [0, 0.05) is 11.1 Å². The Labute approximate surface area is 107 Å². The molecule has 0 aliphatic carbocycles. The Hall–Kier alpha value is -1.06. The van der Waals surface area contributed by atoms with Crippen molar-refractivity contribution < 1.29 is 9.53 Å². The highest BCUT2D eigenvalue weighted by Crippen LogP contribution is 2.23. The molecular formula is C13H18ClNO2. The lowest BCUT2D eigenvalue weighted by atomic mass is 10.1. The molecule has 0 aliphatic heterocycles. The first kappa shape index (κ1) is 14.0. The van der Waals surface area contributed by atoms with Gasteiger partial charge in [-0.3, -0.25) is 9.69 Å². The van der Waals surface area contributed by atoms with Crippen molar-refractivity contribution in [2.45, 2.75) is 25.9 Å². The minimum Gasteiger partial charge on any atom is -0.468 e. The first-order valence-electron chi connectivity index (χ1n) is 5.52. The van der Waals surface area contributed by atoms with Crippen molar-refractivity contribution >= 4 is 17.6 Å². The summed E-state index contributed by atoms with van der Waals surface area (Å²) < 4.78 is 4.74. The summed E-state index contributed by atoms with van der Waals surface area (Å²) in [7, 11) is 3.30. The van der Waals surface area contributed by atoms with E-state index in [1.54, 1.807) is 0 Å². The molecule has 2 unspecified atom stereocenters. The summed E-state index contributed by atoms with van der Waals surface area (Å²) in [6.07, 6.45) is 0. The van der Waals surface area contributed by atoms with Gasteiger partial charge in [0.05, 0.1) is 7.11 Å². The first-order chi connectivity index (χ1) is 7.97. The Morgan fingerprint density at radius 2 is 2.06 bits per heavy atom. The molecule has 4 heteroatoms. The summed E-state index contributed by atoms with van der Waals surface area (Å²) in [5.41, 5.74) is 1.08. The molecule has 0 radical (unpaired) electrons. The van der Waals surface area contributed by atoms with Gasteiger partial charge in [-0.1, -0.05) is 23.7 Å². The van der Waals surface area contributed by atoms with Gasteiger partial charge in [-0.15, -0.1) is 0 Å². The van der Waals surface area contributed by atoms with E-state index in [-0.39, 0.29) is 18.1 Å². The lowest BCUT2D eigenvalue weighted by Crippen LogP contribution is -2.38. The molecule has 0 saturated heterocycles. The van der Waals surface area contributed by atoms with Gasteiger partial charge in [-0.2, -0.15) is 0 Å². The van der Waals surface area contributed by atoms with Crippen LogP contribution >= 0.6 is 11.6 Å². The second-order valence-electron chi connectivity index (χ2n) is 4.10. The number of carbonyl (C=O) groups is 1. The summed E-state index contributed by atoms with van der Waals surface area (Å²) in [6.45, 7) is 3.86. The smallest absolute Gasteiger partial charge is 0.322 e. The van der Waals surface area contributed by atoms with E-state index < -0.39 is 0 Å². The molecule has 1 aromatic rings. The Balaban J connectivity index is 2.82. The van der Waals surface area contributed by atoms with Crippen LogP contribution in [0.15, 0.2) is 24.3 Å². The zero-order valence-electron chi connectivity index (χ0n) is 10.6. The molecule has 3 nitrogen and oxygen atoms in total. The SMILES string of the molecule is COC(=O)C(C)N(C)C(C)c1cccc(Cl)c1. The third kappa shape index (κ3) is 3.45. The fourth-order valence-electron chi connectivity index (χ4n) is 1.67. The predicted octanol–water partition coefficient (Wildman–Crippen LogP) is 2.89. The van der Waals surface area contributed by atoms with Crippen LogP contribution in [0.5, 0.6) is 0 Å². The van der Waals surface area contributed by atoms with Gasteiger partial charge in [0.25, 0.3) is 0 Å². The number of nitrogens with zero attached hydrogens (tertiary/aromatic N) is 1. The van der Waals surface area contributed by atoms with E-state index in [1.165, 1.54) is 7.11 Å². The monoisotopic (exact) mass is 255 g/mol. The normalized spacial score (nSPS) is 14.5. The zero-order chi connectivity index (χ0) is 13.0. The molecule has 94 valence electrons. The number of hydrogen-bond donors (Lipinski definition) is 0. The van der Waals surface area contributed by atoms with Crippen LogP contribution in [0.3, 0.4) is 0 Å². The molecule has 1 aromatic carbocycles. The quantitative estimate of drug-likeness (QED) is 0.775. The second-order valence-corrected chi connectivity index (χ2v) is 4.53. The number of methoxy groups -OCH3 is 1. The van der Waals surface area contributed by atoms with Crippen molar-refractivity contribution in [3.63, 3.8) is 0 Å². The van der Waals surface area contributed by atoms with Gasteiger partial charge >= 0.3 is 5.97 Å². The maximum Gasteiger partial charge on any atom is 0.322 e. The average molecular weight is 256 g/mol. The third-order valence-electron chi connectivity index (χ3n) is 3.10. The standard InChI is InChI=1S/C13H18ClNO2/c1-9(11-6-5-7-12(14)8-11)15(3)10(2)13(16)17-4/h5-10H,1-4H3. The summed E-state index contributed by atoms with van der Waals surface area (Å²) in [6, 6.07) is 7.47. The highest BCUT2D eigenvalue weighted by atomic mass is 35.5. The average Bonchev–Trinajstić information content (AvgIpc) is 2.35. The highest BCUT2D eigenvalue weighted by molar-refractivity contribution is 6.30. The molecule has 0 spiro atoms. The third-order valence-corrected chi connectivity index (χ3v) is 3.33. The number of rotatable bonds is 4. The zero-order valence-corrected chi connectivity index (χ0v) is 11.4. The van der Waals surface area contributed by atoms with Gasteiger partial charge < -0.3 is 4.74 Å². The van der Waals surface area contributed by atoms with Gasteiger partial charge in [-0.25, -0.2) is 0 Å². The molecule has 0 heterocycles. The molecule has 17 heavy (non-hydrogen) atoms. The first-order valence-corrected chi connectivity index (χ1v) is 5.90. The minimum absolute atomic E-state index is 0.0998. The molecule has 0 N–H and O–H groups in total. The molecule has 0 bridgehead atoms. The van der Waals surface area contributed by atoms with E-state index in [0.717, 1.165) is 5.56 Å². The molecule has 0 fully saturated rings. The van der Waals surface area contributed by atoms with Crippen molar-refractivity contribution in [2.24, 2.45) is 0 Å². The van der Waals surface area contributed by atoms with Crippen LogP contribution in [0, 0.1) is 0 Å². The van der Waals surface area contributed by atoms with Crippen molar-refractivity contribution in [2.75, 3.05) is 14.2 Å². The fraction of sp³-hybridized carbons (Fsp3) is 0.462. The number of ether oxygens (including phenoxy) is 1. The lowest BCUT2D eigenvalue weighted by molar-refractivity contribution is -0.146. The molecule has 0 amide bonds. The van der Waals surface area contributed by atoms with Crippen LogP contribution in [-0.2, 0) is 9.53 Å². The van der Waals surface area contributed by atoms with Crippen LogP contribution < -0.4 is 0 Å². The Morgan fingerprint density at radius 3 is 2.59 bits per heavy atom. The highest BCUT2D eigenvalue weighted by Gasteiger charge is 2.23. The Bertz CT molecular complexity index is 395. The van der Waals surface area contributed by atoms with E-state index in [4.69, 9.17) is 16.3 Å². The second kappa shape index (κ2) is 6.03. The number of halogens is 1. The lowest BCUT2D eigenvalue weighted by Gasteiger charge is -2.29. The van der Waals surface area contributed by atoms with Crippen molar-refractivity contribution in [1.82, 2.24) is 4.90 Å². The summed E-state index contributed by atoms with van der Waals surface area (Å²) in [5, 5.41) is 0.702. The maximum atomic E-state index is 11.5. The van der Waals surface area contributed by atoms with Gasteiger partial charge in [-0.05, 0) is 38.6 Å². The van der Waals surface area contributed by atoms with Crippen molar-refractivity contribution in [3.05, 3.63) is 34.9 Å². The molecule has 0 saturated carbocycles. The van der Waals surface area contributed by atoms with Crippen LogP contribution in [0.4, 0.5) is 0 Å². The summed E-state index contributed by atoms with van der Waals surface area (Å²) >= 11 is 5.95. The van der Waals surface area contributed by atoms with Crippen LogP contribution in [0.2, 0.25) is 5.02 Å². The molecular weight excluding hydrogens is 238 g/mol. The van der Waals surface area contributed by atoms with E-state index in [0.29, 0.717) is 5.02 Å². The summed E-state index contributed by atoms with van der Waals surface area (Å²) in [5.74, 6) is -0.235. The Kier molecular flexibility index (Phi) is 4.97. The van der Waals surface area contributed by atoms with E-state index >= 15 is 0 Å². The van der Waals surface area contributed by atoms with Crippen LogP contribution in [0.1, 0.15) is 25.5 Å². The minimum atomic E-state index is -0.283. The maximum absolute atomic E-state index is 11.5. The van der Waals surface area contributed by atoms with E-state index in [9.17, 15) is 4.79 Å². The van der Waals surface area contributed by atoms with Crippen molar-refractivity contribution in [1.29, 1.82) is 0 Å². The number of esters is 1. The Morgan fingerprint density at radius 1 is 1.41 bits per heavy atom. The van der Waals surface area contributed by atoms with E-state index in [2.05, 4.69) is 0 Å².